The predicted molar refractivity (Wildman–Crippen MR) is 72.1 cm³/mol. The molecule has 0 saturated heterocycles. The second kappa shape index (κ2) is 6.00. The van der Waals surface area contributed by atoms with Crippen LogP contribution in [0, 0.1) is 5.82 Å². The maximum atomic E-state index is 13.4. The molecule has 18 heavy (non-hydrogen) atoms. The molecule has 2 rings (SSSR count). The van der Waals surface area contributed by atoms with E-state index in [1.54, 1.807) is 24.5 Å². The Morgan fingerprint density at radius 1 is 1.11 bits per heavy atom. The van der Waals surface area contributed by atoms with Crippen molar-refractivity contribution >= 4 is 11.4 Å². The van der Waals surface area contributed by atoms with Crippen LogP contribution in [0.4, 0.5) is 15.8 Å². The number of rotatable bonds is 5. The molecule has 0 radical (unpaired) electrons. The Labute approximate surface area is 106 Å². The van der Waals surface area contributed by atoms with Crippen LogP contribution in [-0.2, 0) is 6.54 Å². The fourth-order valence-corrected chi connectivity index (χ4v) is 1.68. The summed E-state index contributed by atoms with van der Waals surface area (Å²) in [4.78, 5) is 4.12. The minimum atomic E-state index is -0.194. The lowest BCUT2D eigenvalue weighted by molar-refractivity contribution is 0.613. The van der Waals surface area contributed by atoms with Crippen LogP contribution in [0.1, 0.15) is 12.5 Å². The quantitative estimate of drug-likeness (QED) is 0.849. The Bertz CT molecular complexity index is 514. The third-order valence-corrected chi connectivity index (χ3v) is 2.56. The highest BCUT2D eigenvalue weighted by Gasteiger charge is 2.01. The second-order valence-electron chi connectivity index (χ2n) is 3.94. The molecule has 0 spiro atoms. The van der Waals surface area contributed by atoms with E-state index in [-0.39, 0.29) is 5.82 Å². The van der Waals surface area contributed by atoms with Crippen molar-refractivity contribution in [1.82, 2.24) is 4.98 Å². The Morgan fingerprint density at radius 2 is 1.83 bits per heavy atom. The smallest absolute Gasteiger partial charge is 0.128 e. The number of halogens is 1. The van der Waals surface area contributed by atoms with E-state index in [0.717, 1.165) is 17.9 Å². The molecule has 1 aromatic heterocycles. The van der Waals surface area contributed by atoms with Gasteiger partial charge in [0.1, 0.15) is 5.82 Å². The summed E-state index contributed by atoms with van der Waals surface area (Å²) < 4.78 is 13.4. The van der Waals surface area contributed by atoms with E-state index < -0.39 is 0 Å². The molecule has 1 heterocycles. The number of anilines is 2. The van der Waals surface area contributed by atoms with E-state index in [1.807, 2.05) is 19.1 Å². The normalized spacial score (nSPS) is 10.1. The van der Waals surface area contributed by atoms with Gasteiger partial charge < -0.3 is 10.6 Å². The van der Waals surface area contributed by atoms with Crippen molar-refractivity contribution in [2.24, 2.45) is 0 Å². The molecule has 1 aromatic carbocycles. The van der Waals surface area contributed by atoms with Gasteiger partial charge >= 0.3 is 0 Å². The first kappa shape index (κ1) is 12.4. The summed E-state index contributed by atoms with van der Waals surface area (Å²) in [7, 11) is 0. The van der Waals surface area contributed by atoms with Crippen molar-refractivity contribution in [2.45, 2.75) is 13.5 Å². The Balaban J connectivity index is 2.02. The van der Waals surface area contributed by atoms with Crippen molar-refractivity contribution in [2.75, 3.05) is 17.2 Å². The molecule has 0 fully saturated rings. The Morgan fingerprint density at radius 3 is 2.56 bits per heavy atom. The zero-order chi connectivity index (χ0) is 12.8. The van der Waals surface area contributed by atoms with Crippen molar-refractivity contribution < 1.29 is 4.39 Å². The maximum Gasteiger partial charge on any atom is 0.128 e. The van der Waals surface area contributed by atoms with Crippen LogP contribution in [0.3, 0.4) is 0 Å². The minimum Gasteiger partial charge on any atom is -0.384 e. The van der Waals surface area contributed by atoms with Crippen molar-refractivity contribution in [3.63, 3.8) is 0 Å². The van der Waals surface area contributed by atoms with Crippen LogP contribution in [0.15, 0.2) is 42.7 Å². The summed E-state index contributed by atoms with van der Waals surface area (Å²) in [6.07, 6.45) is 3.49. The number of aromatic nitrogens is 1. The summed E-state index contributed by atoms with van der Waals surface area (Å²) in [5.41, 5.74) is 2.47. The lowest BCUT2D eigenvalue weighted by Crippen LogP contribution is -2.03. The number of pyridine rings is 1. The first-order valence-electron chi connectivity index (χ1n) is 5.96. The molecule has 4 heteroatoms. The summed E-state index contributed by atoms with van der Waals surface area (Å²) in [6, 6.07) is 8.70. The highest BCUT2D eigenvalue weighted by molar-refractivity contribution is 5.54. The lowest BCUT2D eigenvalue weighted by atomic mass is 10.2. The van der Waals surface area contributed by atoms with Gasteiger partial charge in [-0.15, -0.1) is 0 Å². The molecule has 0 aliphatic heterocycles. The van der Waals surface area contributed by atoms with Gasteiger partial charge in [0.15, 0.2) is 0 Å². The largest absolute Gasteiger partial charge is 0.384 e. The highest BCUT2D eigenvalue weighted by atomic mass is 19.1. The Hall–Kier alpha value is -2.10. The van der Waals surface area contributed by atoms with Crippen LogP contribution < -0.4 is 10.6 Å². The first-order valence-corrected chi connectivity index (χ1v) is 5.96. The van der Waals surface area contributed by atoms with Gasteiger partial charge in [-0.25, -0.2) is 4.39 Å². The molecule has 0 atom stereocenters. The summed E-state index contributed by atoms with van der Waals surface area (Å²) in [5, 5.41) is 6.34. The van der Waals surface area contributed by atoms with E-state index in [4.69, 9.17) is 0 Å². The van der Waals surface area contributed by atoms with Crippen molar-refractivity contribution in [3.05, 3.63) is 54.1 Å². The van der Waals surface area contributed by atoms with E-state index in [2.05, 4.69) is 15.6 Å². The SMILES string of the molecule is CCNc1cncc(NCc2ccccc2F)c1. The Kier molecular flexibility index (Phi) is 4.12. The van der Waals surface area contributed by atoms with Gasteiger partial charge in [-0.1, -0.05) is 18.2 Å². The van der Waals surface area contributed by atoms with Gasteiger partial charge in [0, 0.05) is 18.7 Å². The van der Waals surface area contributed by atoms with E-state index in [9.17, 15) is 4.39 Å². The first-order chi connectivity index (χ1) is 8.79. The molecular formula is C14H16FN3. The van der Waals surface area contributed by atoms with Gasteiger partial charge in [0.2, 0.25) is 0 Å². The van der Waals surface area contributed by atoms with Crippen LogP contribution >= 0.6 is 0 Å². The fraction of sp³-hybridized carbons (Fsp3) is 0.214. The topological polar surface area (TPSA) is 37.0 Å². The highest BCUT2D eigenvalue weighted by Crippen LogP contribution is 2.14. The zero-order valence-electron chi connectivity index (χ0n) is 10.3. The molecule has 0 aliphatic rings. The maximum absolute atomic E-state index is 13.4. The molecule has 0 aliphatic carbocycles. The minimum absolute atomic E-state index is 0.194. The number of benzene rings is 1. The van der Waals surface area contributed by atoms with Gasteiger partial charge in [0.05, 0.1) is 23.8 Å². The predicted octanol–water partition coefficient (Wildman–Crippen LogP) is 3.26. The van der Waals surface area contributed by atoms with Crippen molar-refractivity contribution in [1.29, 1.82) is 0 Å². The summed E-state index contributed by atoms with van der Waals surface area (Å²) in [6.45, 7) is 3.32. The van der Waals surface area contributed by atoms with Gasteiger partial charge in [-0.3, -0.25) is 4.98 Å². The molecule has 0 unspecified atom stereocenters. The van der Waals surface area contributed by atoms with E-state index in [1.165, 1.54) is 6.07 Å². The third-order valence-electron chi connectivity index (χ3n) is 2.56. The van der Waals surface area contributed by atoms with Crippen LogP contribution in [0.5, 0.6) is 0 Å². The number of hydrogen-bond donors (Lipinski definition) is 2. The van der Waals surface area contributed by atoms with E-state index in [0.29, 0.717) is 12.1 Å². The van der Waals surface area contributed by atoms with Crippen LogP contribution in [-0.4, -0.2) is 11.5 Å². The standard InChI is InChI=1S/C14H16FN3/c1-2-17-12-7-13(10-16-9-12)18-8-11-5-3-4-6-14(11)15/h3-7,9-10,17-18H,2,8H2,1H3. The molecule has 3 nitrogen and oxygen atoms in total. The summed E-state index contributed by atoms with van der Waals surface area (Å²) in [5.74, 6) is -0.194. The third kappa shape index (κ3) is 3.20. The average molecular weight is 245 g/mol. The molecule has 2 N–H and O–H groups in total. The van der Waals surface area contributed by atoms with Gasteiger partial charge in [0.25, 0.3) is 0 Å². The molecule has 94 valence electrons. The number of nitrogens with one attached hydrogen (secondary N) is 2. The fourth-order valence-electron chi connectivity index (χ4n) is 1.68. The van der Waals surface area contributed by atoms with Crippen LogP contribution in [0.25, 0.3) is 0 Å². The second-order valence-corrected chi connectivity index (χ2v) is 3.94. The monoisotopic (exact) mass is 245 g/mol. The number of nitrogens with zero attached hydrogens (tertiary/aromatic N) is 1. The zero-order valence-corrected chi connectivity index (χ0v) is 10.3. The van der Waals surface area contributed by atoms with Gasteiger partial charge in [-0.2, -0.15) is 0 Å². The molecule has 2 aromatic rings. The van der Waals surface area contributed by atoms with Crippen LogP contribution in [0.2, 0.25) is 0 Å². The average Bonchev–Trinajstić information content (AvgIpc) is 2.39. The molecule has 0 amide bonds. The molecular weight excluding hydrogens is 229 g/mol. The molecule has 0 bridgehead atoms. The molecule has 0 saturated carbocycles. The number of hydrogen-bond acceptors (Lipinski definition) is 3. The summed E-state index contributed by atoms with van der Waals surface area (Å²) >= 11 is 0. The lowest BCUT2D eigenvalue weighted by Gasteiger charge is -2.09. The van der Waals surface area contributed by atoms with E-state index >= 15 is 0 Å². The van der Waals surface area contributed by atoms with Crippen molar-refractivity contribution in [3.8, 4) is 0 Å². The van der Waals surface area contributed by atoms with Gasteiger partial charge in [-0.05, 0) is 19.1 Å².